The second-order valence-electron chi connectivity index (χ2n) is 7.09. The van der Waals surface area contributed by atoms with Crippen molar-refractivity contribution in [3.05, 3.63) is 44.9 Å². The molecule has 0 spiro atoms. The van der Waals surface area contributed by atoms with Crippen LogP contribution < -0.4 is 16.6 Å². The fraction of sp³-hybridized carbons (Fsp3) is 0.647. The summed E-state index contributed by atoms with van der Waals surface area (Å²) in [4.78, 5) is 25.9. The van der Waals surface area contributed by atoms with E-state index in [1.54, 1.807) is 11.6 Å². The summed E-state index contributed by atoms with van der Waals surface area (Å²) in [6.07, 6.45) is 1.89. The number of rotatable bonds is 7. The first-order valence-electron chi connectivity index (χ1n) is 9.35. The van der Waals surface area contributed by atoms with E-state index in [9.17, 15) is 14.2 Å². The van der Waals surface area contributed by atoms with Crippen LogP contribution >= 0.6 is 18.1 Å². The Morgan fingerprint density at radius 2 is 2.21 bits per heavy atom. The molecule has 0 aliphatic carbocycles. The Kier molecular flexibility index (Phi) is 7.03. The molecule has 1 aromatic heterocycles. The lowest BCUT2D eigenvalue weighted by molar-refractivity contribution is -0.0934. The molecule has 3 rings (SSSR count). The third kappa shape index (κ3) is 5.02. The molecule has 162 valence electrons. The molecule has 1 unspecified atom stereocenters. The second-order valence-corrected chi connectivity index (χ2v) is 10.0. The van der Waals surface area contributed by atoms with Crippen molar-refractivity contribution < 1.29 is 18.6 Å². The summed E-state index contributed by atoms with van der Waals surface area (Å²) >= 11 is 6.27. The predicted octanol–water partition coefficient (Wildman–Crippen LogP) is 1.32. The van der Waals surface area contributed by atoms with Gasteiger partial charge in [-0.2, -0.15) is 0 Å². The molecule has 4 atom stereocenters. The lowest BCUT2D eigenvalue weighted by Gasteiger charge is -2.33. The van der Waals surface area contributed by atoms with E-state index >= 15 is 0 Å². The fourth-order valence-corrected chi connectivity index (χ4v) is 5.67. The van der Waals surface area contributed by atoms with Crippen molar-refractivity contribution in [2.24, 2.45) is 0 Å². The molecule has 10 nitrogen and oxygen atoms in total. The van der Waals surface area contributed by atoms with Gasteiger partial charge in [0.1, 0.15) is 5.76 Å². The van der Waals surface area contributed by atoms with Gasteiger partial charge in [0.15, 0.2) is 6.23 Å². The predicted molar refractivity (Wildman–Crippen MR) is 108 cm³/mol. The van der Waals surface area contributed by atoms with Crippen molar-refractivity contribution in [2.45, 2.75) is 38.1 Å². The van der Waals surface area contributed by atoms with Crippen molar-refractivity contribution in [2.75, 3.05) is 33.4 Å². The van der Waals surface area contributed by atoms with Crippen LogP contribution in [0, 0.1) is 6.92 Å². The minimum absolute atomic E-state index is 0.0238. The van der Waals surface area contributed by atoms with Gasteiger partial charge in [-0.05, 0) is 31.0 Å². The van der Waals surface area contributed by atoms with E-state index in [4.69, 9.17) is 25.2 Å². The van der Waals surface area contributed by atoms with Crippen molar-refractivity contribution in [3.63, 3.8) is 0 Å². The van der Waals surface area contributed by atoms with Gasteiger partial charge in [0.2, 0.25) is 0 Å². The molecule has 0 saturated carbocycles. The first-order chi connectivity index (χ1) is 13.7. The molecule has 2 fully saturated rings. The molecule has 0 amide bonds. The molecule has 0 bridgehead atoms. The van der Waals surface area contributed by atoms with Crippen LogP contribution in [0.2, 0.25) is 0 Å². The maximum atomic E-state index is 13.0. The van der Waals surface area contributed by atoms with Crippen LogP contribution in [0.25, 0.3) is 0 Å². The van der Waals surface area contributed by atoms with E-state index in [-0.39, 0.29) is 12.6 Å². The van der Waals surface area contributed by atoms with Crippen molar-refractivity contribution in [1.82, 2.24) is 19.5 Å². The average molecular weight is 449 g/mol. The smallest absolute Gasteiger partial charge is 0.363 e. The number of aromatic nitrogens is 2. The molecule has 2 N–H and O–H groups in total. The number of hydrogen-bond acceptors (Lipinski definition) is 7. The zero-order valence-electron chi connectivity index (χ0n) is 16.4. The molecule has 2 saturated heterocycles. The zero-order valence-corrected chi connectivity index (χ0v) is 18.1. The van der Waals surface area contributed by atoms with Gasteiger partial charge in [-0.1, -0.05) is 6.58 Å². The normalized spacial score (nSPS) is 27.5. The van der Waals surface area contributed by atoms with Crippen LogP contribution in [0.5, 0.6) is 0 Å². The highest BCUT2D eigenvalue weighted by Crippen LogP contribution is 2.59. The molecule has 0 radical (unpaired) electrons. The Morgan fingerprint density at radius 1 is 1.45 bits per heavy atom. The number of methoxy groups -OCH3 is 1. The first-order valence-corrected chi connectivity index (χ1v) is 11.8. The highest BCUT2D eigenvalue weighted by Gasteiger charge is 2.41. The summed E-state index contributed by atoms with van der Waals surface area (Å²) in [5.41, 5.74) is -0.596. The van der Waals surface area contributed by atoms with Gasteiger partial charge in [0.05, 0.1) is 25.9 Å². The van der Waals surface area contributed by atoms with Gasteiger partial charge in [-0.3, -0.25) is 18.9 Å². The highest BCUT2D eigenvalue weighted by atomic mass is 35.7. The molecule has 2 aliphatic heterocycles. The number of halogens is 1. The molecule has 29 heavy (non-hydrogen) atoms. The average Bonchev–Trinajstić information content (AvgIpc) is 3.20. The van der Waals surface area contributed by atoms with Crippen LogP contribution in [0.3, 0.4) is 0 Å². The second kappa shape index (κ2) is 9.16. The van der Waals surface area contributed by atoms with Gasteiger partial charge in [0.25, 0.3) is 5.56 Å². The van der Waals surface area contributed by atoms with Crippen molar-refractivity contribution in [1.29, 1.82) is 0 Å². The third-order valence-corrected chi connectivity index (χ3v) is 7.52. The molecule has 3 heterocycles. The quantitative estimate of drug-likeness (QED) is 0.474. The molecule has 2 aliphatic rings. The Balaban J connectivity index is 1.64. The van der Waals surface area contributed by atoms with E-state index in [0.717, 1.165) is 12.8 Å². The topological polar surface area (TPSA) is 115 Å². The van der Waals surface area contributed by atoms with E-state index in [1.807, 2.05) is 0 Å². The van der Waals surface area contributed by atoms with Crippen LogP contribution in [0.15, 0.2) is 28.1 Å². The monoisotopic (exact) mass is 448 g/mol. The Labute approximate surface area is 173 Å². The number of aromatic amines is 1. The highest BCUT2D eigenvalue weighted by molar-refractivity contribution is 7.83. The third-order valence-electron chi connectivity index (χ3n) is 5.08. The Bertz CT molecular complexity index is 918. The standard InChI is InChI=1S/C17H26ClN4O6P/c1-11-9-21(17(24)20-16(11)23)15-8-19-7-13(28-15)10-27-29(18,25)22-6-4-5-14(22)12(2)26-3/h9,13-15,19H,2,4-8,10H2,1,3H3,(H,20,23,24)/t13-,14-,15+,29?/m0/s1. The van der Waals surface area contributed by atoms with Gasteiger partial charge in [-0.15, -0.1) is 0 Å². The maximum Gasteiger partial charge on any atom is 0.363 e. The van der Waals surface area contributed by atoms with Crippen LogP contribution in [0.1, 0.15) is 24.6 Å². The molecular weight excluding hydrogens is 423 g/mol. The zero-order chi connectivity index (χ0) is 21.2. The largest absolute Gasteiger partial charge is 0.500 e. The summed E-state index contributed by atoms with van der Waals surface area (Å²) in [6.45, 7) is 3.16. The van der Waals surface area contributed by atoms with Crippen molar-refractivity contribution >= 4 is 18.1 Å². The van der Waals surface area contributed by atoms with Crippen LogP contribution in [0.4, 0.5) is 0 Å². The number of ether oxygens (including phenoxy) is 2. The number of aryl methyl sites for hydroxylation is 1. The summed E-state index contributed by atoms with van der Waals surface area (Å²) in [7, 11) is 1.51. The SMILES string of the molecule is C=C(OC)[C@@H]1CCCN1P(=O)(Cl)OC[C@@H]1CNC[C@H](n2cc(C)c(=O)[nH]c2=O)O1. The van der Waals surface area contributed by atoms with E-state index in [0.29, 0.717) is 31.0 Å². The van der Waals surface area contributed by atoms with E-state index < -0.39 is 30.5 Å². The molecule has 12 heteroatoms. The number of H-pyrrole nitrogens is 1. The van der Waals surface area contributed by atoms with Gasteiger partial charge >= 0.3 is 12.6 Å². The summed E-state index contributed by atoms with van der Waals surface area (Å²) in [5.74, 6) is 0.496. The number of morpholine rings is 1. The molecular formula is C17H26ClN4O6P. The summed E-state index contributed by atoms with van der Waals surface area (Å²) in [5, 5.41) is 3.15. The number of nitrogens with zero attached hydrogens (tertiary/aromatic N) is 2. The fourth-order valence-electron chi connectivity index (χ4n) is 3.50. The first kappa shape index (κ1) is 22.3. The Morgan fingerprint density at radius 3 is 2.93 bits per heavy atom. The van der Waals surface area contributed by atoms with Crippen molar-refractivity contribution in [3.8, 4) is 0 Å². The van der Waals surface area contributed by atoms with Gasteiger partial charge in [-0.25, -0.2) is 9.46 Å². The lowest BCUT2D eigenvalue weighted by Crippen LogP contribution is -2.47. The van der Waals surface area contributed by atoms with Crippen LogP contribution in [-0.4, -0.2) is 59.7 Å². The Hall–Kier alpha value is -1.42. The minimum Gasteiger partial charge on any atom is -0.500 e. The van der Waals surface area contributed by atoms with Crippen LogP contribution in [-0.2, 0) is 18.6 Å². The maximum absolute atomic E-state index is 13.0. The van der Waals surface area contributed by atoms with Gasteiger partial charge in [0, 0.05) is 31.4 Å². The summed E-state index contributed by atoms with van der Waals surface area (Å²) < 4.78 is 32.6. The minimum atomic E-state index is -3.60. The molecule has 0 aromatic carbocycles. The molecule has 1 aromatic rings. The number of nitrogens with one attached hydrogen (secondary N) is 2. The van der Waals surface area contributed by atoms with E-state index in [1.165, 1.54) is 17.9 Å². The van der Waals surface area contributed by atoms with E-state index in [2.05, 4.69) is 16.9 Å². The number of hydrogen-bond donors (Lipinski definition) is 2. The van der Waals surface area contributed by atoms with Gasteiger partial charge < -0.3 is 19.3 Å². The lowest BCUT2D eigenvalue weighted by atomic mass is 10.2. The summed E-state index contributed by atoms with van der Waals surface area (Å²) in [6, 6.07) is -0.260.